The van der Waals surface area contributed by atoms with Gasteiger partial charge in [0.1, 0.15) is 6.10 Å². The van der Waals surface area contributed by atoms with Gasteiger partial charge in [0.25, 0.3) is 0 Å². The Balaban J connectivity index is 1.48. The molecule has 200 valence electrons. The van der Waals surface area contributed by atoms with Gasteiger partial charge in [-0.3, -0.25) is 10.1 Å². The summed E-state index contributed by atoms with van der Waals surface area (Å²) in [6, 6.07) is 7.55. The van der Waals surface area contributed by atoms with Gasteiger partial charge in [0.2, 0.25) is 5.91 Å². The van der Waals surface area contributed by atoms with E-state index in [1.54, 1.807) is 16.7 Å². The number of carbonyl (C=O) groups excluding carboxylic acids is 2. The second-order valence-electron chi connectivity index (χ2n) is 11.2. The van der Waals surface area contributed by atoms with Crippen LogP contribution in [0.15, 0.2) is 29.2 Å². The predicted molar refractivity (Wildman–Crippen MR) is 139 cm³/mol. The van der Waals surface area contributed by atoms with Crippen LogP contribution >= 0.6 is 11.8 Å². The minimum atomic E-state index is -0.698. The van der Waals surface area contributed by atoms with E-state index >= 15 is 0 Å². The molecule has 36 heavy (non-hydrogen) atoms. The summed E-state index contributed by atoms with van der Waals surface area (Å²) < 4.78 is 5.92. The van der Waals surface area contributed by atoms with Crippen molar-refractivity contribution in [3.8, 4) is 0 Å². The average Bonchev–Trinajstić information content (AvgIpc) is 3.29. The van der Waals surface area contributed by atoms with E-state index in [9.17, 15) is 24.9 Å². The van der Waals surface area contributed by atoms with Gasteiger partial charge in [0.05, 0.1) is 18.8 Å². The van der Waals surface area contributed by atoms with E-state index in [1.807, 2.05) is 37.4 Å². The Morgan fingerprint density at radius 3 is 2.64 bits per heavy atom. The first-order valence-electron chi connectivity index (χ1n) is 13.0. The molecule has 8 nitrogen and oxygen atoms in total. The number of amides is 2. The van der Waals surface area contributed by atoms with Gasteiger partial charge in [-0.15, -0.1) is 11.8 Å². The Bertz CT molecular complexity index is 962. The third-order valence-corrected chi connectivity index (χ3v) is 9.88. The Kier molecular flexibility index (Phi) is 8.24. The maximum absolute atomic E-state index is 13.1. The summed E-state index contributed by atoms with van der Waals surface area (Å²) in [5.74, 6) is -0.309. The average molecular weight is 521 g/mol. The fourth-order valence-electron chi connectivity index (χ4n) is 7.04. The number of ether oxygens (including phenoxy) is 1. The largest absolute Gasteiger partial charge is 0.445 e. The molecule has 1 saturated heterocycles. The van der Waals surface area contributed by atoms with Crippen LogP contribution in [-0.2, 0) is 9.53 Å². The van der Waals surface area contributed by atoms with Crippen LogP contribution in [0.1, 0.15) is 52.4 Å². The second kappa shape index (κ2) is 10.9. The number of β-amino-alcohol motifs (C(OH)–C–C–N with tert-alkyl or cyclic N) is 1. The van der Waals surface area contributed by atoms with E-state index in [0.717, 1.165) is 4.90 Å². The van der Waals surface area contributed by atoms with Crippen LogP contribution in [0.3, 0.4) is 0 Å². The minimum Gasteiger partial charge on any atom is -0.445 e. The van der Waals surface area contributed by atoms with Gasteiger partial charge in [0.15, 0.2) is 0 Å². The molecule has 2 aliphatic carbocycles. The summed E-state index contributed by atoms with van der Waals surface area (Å²) >= 11 is 1.59. The van der Waals surface area contributed by atoms with Gasteiger partial charge < -0.3 is 25.0 Å². The molecule has 1 heterocycles. The molecule has 0 spiro atoms. The van der Waals surface area contributed by atoms with Gasteiger partial charge in [-0.05, 0) is 73.8 Å². The number of anilines is 1. The molecule has 1 aliphatic heterocycles. The second-order valence-corrected chi connectivity index (χ2v) is 12.1. The van der Waals surface area contributed by atoms with Crippen molar-refractivity contribution in [1.29, 1.82) is 0 Å². The molecule has 3 fully saturated rings. The molecule has 4 rings (SSSR count). The topological polar surface area (TPSA) is 119 Å². The van der Waals surface area contributed by atoms with E-state index in [2.05, 4.69) is 12.2 Å². The van der Waals surface area contributed by atoms with Crippen LogP contribution in [0.25, 0.3) is 0 Å². The Morgan fingerprint density at radius 1 is 1.19 bits per heavy atom. The first kappa shape index (κ1) is 27.2. The monoisotopic (exact) mass is 520 g/mol. The molecule has 0 bridgehead atoms. The molecule has 2 saturated carbocycles. The zero-order valence-corrected chi connectivity index (χ0v) is 22.3. The van der Waals surface area contributed by atoms with Gasteiger partial charge in [-0.25, -0.2) is 4.79 Å². The quantitative estimate of drug-likeness (QED) is 0.424. The highest BCUT2D eigenvalue weighted by Crippen LogP contribution is 2.61. The molecule has 9 heteroatoms. The number of aliphatic hydroxyl groups excluding tert-OH is 3. The molecule has 3 aliphatic rings. The number of rotatable bonds is 6. The lowest BCUT2D eigenvalue weighted by Gasteiger charge is -2.60. The number of nitrogens with one attached hydrogen (secondary N) is 1. The maximum atomic E-state index is 13.1. The minimum absolute atomic E-state index is 0.0215. The lowest BCUT2D eigenvalue weighted by molar-refractivity contribution is -0.186. The zero-order chi connectivity index (χ0) is 26.1. The highest BCUT2D eigenvalue weighted by Gasteiger charge is 2.60. The summed E-state index contributed by atoms with van der Waals surface area (Å²) in [6.07, 6.45) is 3.14. The molecule has 1 aromatic rings. The Labute approximate surface area is 217 Å². The smallest absolute Gasteiger partial charge is 0.411 e. The first-order chi connectivity index (χ1) is 17.1. The van der Waals surface area contributed by atoms with Crippen LogP contribution < -0.4 is 5.32 Å². The van der Waals surface area contributed by atoms with E-state index in [1.165, 1.54) is 0 Å². The van der Waals surface area contributed by atoms with Crippen LogP contribution in [0.4, 0.5) is 10.5 Å². The number of carbonyl (C=O) groups is 2. The number of hydrogen-bond donors (Lipinski definition) is 4. The molecular formula is C27H40N2O6S. The number of aliphatic hydroxyl groups is 3. The molecule has 7 atom stereocenters. The number of fused-ring (bicyclic) bond motifs is 1. The maximum Gasteiger partial charge on any atom is 0.411 e. The molecule has 0 radical (unpaired) electrons. The van der Waals surface area contributed by atoms with Crippen molar-refractivity contribution < 1.29 is 29.6 Å². The fourth-order valence-corrected chi connectivity index (χ4v) is 7.50. The van der Waals surface area contributed by atoms with Gasteiger partial charge in [0, 0.05) is 35.5 Å². The van der Waals surface area contributed by atoms with E-state index in [0.29, 0.717) is 50.9 Å². The summed E-state index contributed by atoms with van der Waals surface area (Å²) in [4.78, 5) is 28.6. The molecular weight excluding hydrogens is 480 g/mol. The van der Waals surface area contributed by atoms with Crippen molar-refractivity contribution in [3.63, 3.8) is 0 Å². The third kappa shape index (κ3) is 5.26. The summed E-state index contributed by atoms with van der Waals surface area (Å²) in [5.41, 5.74) is -0.423. The standard InChI is InChI=1S/C27H40N2O6S/c1-26-11-9-23(35-25(34)28-17-5-4-6-19(13-17)36-3)27(2,16-30)22(26)8-7-21(32)20(26)14-24(33)29-12-10-18(31)15-29/h4-6,13,18,20-23,30-32H,7-12,14-16H2,1-3H3,(H,28,34). The van der Waals surface area contributed by atoms with E-state index in [-0.39, 0.29) is 36.2 Å². The molecule has 2 amide bonds. The highest BCUT2D eigenvalue weighted by atomic mass is 32.2. The van der Waals surface area contributed by atoms with Crippen LogP contribution in [0.5, 0.6) is 0 Å². The van der Waals surface area contributed by atoms with Gasteiger partial charge >= 0.3 is 6.09 Å². The van der Waals surface area contributed by atoms with Crippen LogP contribution in [0.2, 0.25) is 0 Å². The first-order valence-corrected chi connectivity index (χ1v) is 14.2. The number of nitrogens with zero attached hydrogens (tertiary/aromatic N) is 1. The third-order valence-electron chi connectivity index (χ3n) is 9.15. The van der Waals surface area contributed by atoms with Crippen molar-refractivity contribution in [2.75, 3.05) is 31.3 Å². The van der Waals surface area contributed by atoms with Crippen LogP contribution in [-0.4, -0.2) is 76.5 Å². The van der Waals surface area contributed by atoms with E-state index in [4.69, 9.17) is 4.74 Å². The summed E-state index contributed by atoms with van der Waals surface area (Å²) in [5, 5.41) is 34.3. The van der Waals surface area contributed by atoms with E-state index < -0.39 is 29.8 Å². The predicted octanol–water partition coefficient (Wildman–Crippen LogP) is 3.49. The Morgan fingerprint density at radius 2 is 1.97 bits per heavy atom. The van der Waals surface area contributed by atoms with Crippen molar-refractivity contribution in [3.05, 3.63) is 24.3 Å². The van der Waals surface area contributed by atoms with Crippen LogP contribution in [0, 0.1) is 22.7 Å². The fraction of sp³-hybridized carbons (Fsp3) is 0.704. The zero-order valence-electron chi connectivity index (χ0n) is 21.5. The summed E-state index contributed by atoms with van der Waals surface area (Å²) in [7, 11) is 0. The summed E-state index contributed by atoms with van der Waals surface area (Å²) in [6.45, 7) is 4.83. The SMILES string of the molecule is CSc1cccc(NC(=O)OC2CCC3(C)C(CC(=O)N4CCC(O)C4)C(O)CCC3C2(C)CO)c1. The molecule has 0 aromatic heterocycles. The van der Waals surface area contributed by atoms with Gasteiger partial charge in [-0.2, -0.15) is 0 Å². The lowest BCUT2D eigenvalue weighted by atomic mass is 9.46. The molecule has 1 aromatic carbocycles. The number of benzene rings is 1. The van der Waals surface area contributed by atoms with Crippen molar-refractivity contribution >= 4 is 29.4 Å². The molecule has 7 unspecified atom stereocenters. The lowest BCUT2D eigenvalue weighted by Crippen LogP contribution is -2.61. The number of thioether (sulfide) groups is 1. The van der Waals surface area contributed by atoms with Crippen molar-refractivity contribution in [2.45, 2.75) is 75.6 Å². The van der Waals surface area contributed by atoms with Crippen molar-refractivity contribution in [1.82, 2.24) is 4.90 Å². The number of likely N-dealkylation sites (tertiary alicyclic amines) is 1. The Hall–Kier alpha value is -1.81. The normalized spacial score (nSPS) is 36.3. The van der Waals surface area contributed by atoms with Gasteiger partial charge in [-0.1, -0.05) is 19.9 Å². The number of hydrogen-bond acceptors (Lipinski definition) is 7. The molecule has 4 N–H and O–H groups in total. The van der Waals surface area contributed by atoms with Crippen molar-refractivity contribution in [2.24, 2.45) is 22.7 Å². The highest BCUT2D eigenvalue weighted by molar-refractivity contribution is 7.98.